The van der Waals surface area contributed by atoms with Crippen LogP contribution >= 0.6 is 0 Å². The number of methoxy groups -OCH3 is 1. The summed E-state index contributed by atoms with van der Waals surface area (Å²) in [6.07, 6.45) is 0. The summed E-state index contributed by atoms with van der Waals surface area (Å²) in [6.45, 7) is 2.14. The summed E-state index contributed by atoms with van der Waals surface area (Å²) in [5.74, 6) is -1.86. The van der Waals surface area contributed by atoms with Crippen molar-refractivity contribution in [3.05, 3.63) is 33.6 Å². The summed E-state index contributed by atoms with van der Waals surface area (Å²) in [5.41, 5.74) is -0.676. The number of benzene rings is 1. The molecule has 0 aliphatic carbocycles. The maximum Gasteiger partial charge on any atom is 0.340 e. The summed E-state index contributed by atoms with van der Waals surface area (Å²) < 4.78 is 17.8. The van der Waals surface area contributed by atoms with Crippen molar-refractivity contribution in [1.82, 2.24) is 0 Å². The largest absolute Gasteiger partial charge is 0.465 e. The molecule has 1 aromatic carbocycles. The third-order valence-corrected chi connectivity index (χ3v) is 2.05. The van der Waals surface area contributed by atoms with Crippen LogP contribution < -0.4 is 5.32 Å². The maximum absolute atomic E-state index is 13.4. The zero-order valence-corrected chi connectivity index (χ0v) is 9.32. The SMILES string of the molecule is CCNc1cc(C(=O)OC)c(F)cc1[N+](=O)[O-]. The van der Waals surface area contributed by atoms with Crippen molar-refractivity contribution >= 4 is 17.3 Å². The fourth-order valence-electron chi connectivity index (χ4n) is 1.31. The van der Waals surface area contributed by atoms with Crippen LogP contribution in [0.2, 0.25) is 0 Å². The highest BCUT2D eigenvalue weighted by Crippen LogP contribution is 2.28. The summed E-state index contributed by atoms with van der Waals surface area (Å²) in [6, 6.07) is 1.77. The van der Waals surface area contributed by atoms with E-state index in [2.05, 4.69) is 10.1 Å². The zero-order chi connectivity index (χ0) is 13.0. The first-order valence-corrected chi connectivity index (χ1v) is 4.81. The standard InChI is InChI=1S/C10H11FN2O4/c1-3-12-8-4-6(10(14)17-2)7(11)5-9(8)13(15)16/h4-5,12H,3H2,1-2H3. The number of nitrogens with one attached hydrogen (secondary N) is 1. The normalized spacial score (nSPS) is 9.82. The second-order valence-electron chi connectivity index (χ2n) is 3.13. The van der Waals surface area contributed by atoms with Crippen LogP contribution in [0, 0.1) is 15.9 Å². The monoisotopic (exact) mass is 242 g/mol. The van der Waals surface area contributed by atoms with Crippen molar-refractivity contribution in [3.8, 4) is 0 Å². The number of anilines is 1. The van der Waals surface area contributed by atoms with Gasteiger partial charge in [-0.05, 0) is 13.0 Å². The Morgan fingerprint density at radius 1 is 1.59 bits per heavy atom. The molecule has 0 aromatic heterocycles. The Morgan fingerprint density at radius 3 is 2.71 bits per heavy atom. The molecule has 17 heavy (non-hydrogen) atoms. The van der Waals surface area contributed by atoms with Crippen molar-refractivity contribution in [2.45, 2.75) is 6.92 Å². The quantitative estimate of drug-likeness (QED) is 0.495. The molecule has 0 saturated heterocycles. The summed E-state index contributed by atoms with van der Waals surface area (Å²) in [5, 5.41) is 13.4. The van der Waals surface area contributed by atoms with Gasteiger partial charge in [-0.1, -0.05) is 0 Å². The van der Waals surface area contributed by atoms with Crippen LogP contribution in [0.15, 0.2) is 12.1 Å². The molecule has 1 aromatic rings. The molecule has 0 fully saturated rings. The maximum atomic E-state index is 13.4. The highest BCUT2D eigenvalue weighted by molar-refractivity contribution is 5.91. The van der Waals surface area contributed by atoms with Gasteiger partial charge in [0, 0.05) is 6.54 Å². The average molecular weight is 242 g/mol. The second-order valence-corrected chi connectivity index (χ2v) is 3.13. The van der Waals surface area contributed by atoms with Gasteiger partial charge in [-0.15, -0.1) is 0 Å². The number of nitrogens with zero attached hydrogens (tertiary/aromatic N) is 1. The Hall–Kier alpha value is -2.18. The first-order valence-electron chi connectivity index (χ1n) is 4.81. The predicted molar refractivity (Wildman–Crippen MR) is 58.6 cm³/mol. The van der Waals surface area contributed by atoms with Gasteiger partial charge in [0.15, 0.2) is 0 Å². The molecule has 0 saturated carbocycles. The minimum Gasteiger partial charge on any atom is -0.465 e. The summed E-state index contributed by atoms with van der Waals surface area (Å²) in [4.78, 5) is 21.2. The molecule has 1 rings (SSSR count). The number of hydrogen-bond donors (Lipinski definition) is 1. The van der Waals surface area contributed by atoms with Gasteiger partial charge in [0.25, 0.3) is 5.69 Å². The smallest absolute Gasteiger partial charge is 0.340 e. The van der Waals surface area contributed by atoms with Gasteiger partial charge in [0.05, 0.1) is 23.7 Å². The highest BCUT2D eigenvalue weighted by Gasteiger charge is 2.21. The van der Waals surface area contributed by atoms with E-state index in [1.54, 1.807) is 6.92 Å². The van der Waals surface area contributed by atoms with E-state index in [1.807, 2.05) is 0 Å². The Labute approximate surface area is 96.5 Å². The fourth-order valence-corrected chi connectivity index (χ4v) is 1.31. The van der Waals surface area contributed by atoms with E-state index in [9.17, 15) is 19.3 Å². The number of nitro benzene ring substituents is 1. The lowest BCUT2D eigenvalue weighted by Crippen LogP contribution is -2.08. The van der Waals surface area contributed by atoms with Gasteiger partial charge >= 0.3 is 5.97 Å². The topological polar surface area (TPSA) is 81.5 Å². The van der Waals surface area contributed by atoms with Crippen LogP contribution in [-0.2, 0) is 4.74 Å². The van der Waals surface area contributed by atoms with Crippen LogP contribution in [0.3, 0.4) is 0 Å². The van der Waals surface area contributed by atoms with Crippen LogP contribution in [0.25, 0.3) is 0 Å². The van der Waals surface area contributed by atoms with Gasteiger partial charge in [-0.25, -0.2) is 9.18 Å². The molecule has 1 N–H and O–H groups in total. The molecule has 0 aliphatic rings. The molecule has 0 radical (unpaired) electrons. The molecular weight excluding hydrogens is 231 g/mol. The third kappa shape index (κ3) is 2.68. The van der Waals surface area contributed by atoms with E-state index in [4.69, 9.17) is 0 Å². The average Bonchev–Trinajstić information content (AvgIpc) is 2.30. The van der Waals surface area contributed by atoms with Crippen molar-refractivity contribution in [3.63, 3.8) is 0 Å². The minimum atomic E-state index is -0.981. The number of esters is 1. The zero-order valence-electron chi connectivity index (χ0n) is 9.32. The van der Waals surface area contributed by atoms with Crippen LogP contribution in [0.4, 0.5) is 15.8 Å². The number of carbonyl (C=O) groups excluding carboxylic acids is 1. The van der Waals surface area contributed by atoms with Gasteiger partial charge in [0.2, 0.25) is 0 Å². The number of halogens is 1. The van der Waals surface area contributed by atoms with Crippen molar-refractivity contribution in [1.29, 1.82) is 0 Å². The van der Waals surface area contributed by atoms with E-state index in [1.165, 1.54) is 0 Å². The van der Waals surface area contributed by atoms with Gasteiger partial charge in [-0.2, -0.15) is 0 Å². The van der Waals surface area contributed by atoms with Gasteiger partial charge in [-0.3, -0.25) is 10.1 Å². The van der Waals surface area contributed by atoms with Crippen molar-refractivity contribution in [2.75, 3.05) is 19.0 Å². The molecule has 0 bridgehead atoms. The van der Waals surface area contributed by atoms with Crippen molar-refractivity contribution in [2.24, 2.45) is 0 Å². The van der Waals surface area contributed by atoms with E-state index < -0.39 is 22.4 Å². The molecule has 7 heteroatoms. The van der Waals surface area contributed by atoms with Crippen LogP contribution in [-0.4, -0.2) is 24.5 Å². The number of ether oxygens (including phenoxy) is 1. The van der Waals surface area contributed by atoms with E-state index in [-0.39, 0.29) is 11.3 Å². The third-order valence-electron chi connectivity index (χ3n) is 2.05. The Bertz CT molecular complexity index is 462. The summed E-state index contributed by atoms with van der Waals surface area (Å²) >= 11 is 0. The lowest BCUT2D eigenvalue weighted by molar-refractivity contribution is -0.384. The lowest BCUT2D eigenvalue weighted by atomic mass is 10.1. The summed E-state index contributed by atoms with van der Waals surface area (Å²) in [7, 11) is 1.11. The molecule has 0 aliphatic heterocycles. The molecule has 92 valence electrons. The fraction of sp³-hybridized carbons (Fsp3) is 0.300. The Kier molecular flexibility index (Phi) is 3.97. The minimum absolute atomic E-state index is 0.0827. The number of nitro groups is 1. The van der Waals surface area contributed by atoms with E-state index in [0.717, 1.165) is 13.2 Å². The van der Waals surface area contributed by atoms with Crippen molar-refractivity contribution < 1.29 is 18.8 Å². The molecule has 0 spiro atoms. The van der Waals surface area contributed by atoms with Crippen LogP contribution in [0.5, 0.6) is 0 Å². The molecular formula is C10H11FN2O4. The number of hydrogen-bond acceptors (Lipinski definition) is 5. The van der Waals surface area contributed by atoms with Crippen LogP contribution in [0.1, 0.15) is 17.3 Å². The molecule has 0 heterocycles. The predicted octanol–water partition coefficient (Wildman–Crippen LogP) is 1.95. The molecule has 0 atom stereocenters. The second kappa shape index (κ2) is 5.24. The first kappa shape index (κ1) is 12.9. The Morgan fingerprint density at radius 2 is 2.24 bits per heavy atom. The Balaban J connectivity index is 3.34. The first-order chi connectivity index (χ1) is 8.01. The molecule has 0 unspecified atom stereocenters. The molecule has 0 amide bonds. The highest BCUT2D eigenvalue weighted by atomic mass is 19.1. The van der Waals surface area contributed by atoms with E-state index >= 15 is 0 Å². The number of rotatable bonds is 4. The molecule has 6 nitrogen and oxygen atoms in total. The van der Waals surface area contributed by atoms with Gasteiger partial charge < -0.3 is 10.1 Å². The number of carbonyl (C=O) groups is 1. The van der Waals surface area contributed by atoms with Gasteiger partial charge in [0.1, 0.15) is 11.5 Å². The van der Waals surface area contributed by atoms with E-state index in [0.29, 0.717) is 12.6 Å². The lowest BCUT2D eigenvalue weighted by Gasteiger charge is -2.07.